The molecular formula is C49H71Cl3O12S3. The van der Waals surface area contributed by atoms with E-state index in [0.29, 0.717) is 40.8 Å². The van der Waals surface area contributed by atoms with Gasteiger partial charge >= 0.3 is 17.9 Å². The van der Waals surface area contributed by atoms with Crippen LogP contribution in [0, 0.1) is 0 Å². The van der Waals surface area contributed by atoms with Gasteiger partial charge in [0.05, 0.1) is 10.5 Å². The minimum absolute atomic E-state index is 0.0365. The second-order valence-corrected chi connectivity index (χ2v) is 26.5. The van der Waals surface area contributed by atoms with Crippen molar-refractivity contribution in [1.82, 2.24) is 0 Å². The summed E-state index contributed by atoms with van der Waals surface area (Å²) in [5.41, 5.74) is 3.53. The second kappa shape index (κ2) is 31.1. The van der Waals surface area contributed by atoms with Crippen molar-refractivity contribution in [2.24, 2.45) is 0 Å². The summed E-state index contributed by atoms with van der Waals surface area (Å²) in [5.74, 6) is -3.88. The molecule has 378 valence electrons. The molecule has 3 N–H and O–H groups in total. The van der Waals surface area contributed by atoms with Crippen LogP contribution in [0.3, 0.4) is 0 Å². The van der Waals surface area contributed by atoms with Gasteiger partial charge in [0.2, 0.25) is 0 Å². The molecule has 0 fully saturated rings. The van der Waals surface area contributed by atoms with Crippen LogP contribution in [0.4, 0.5) is 0 Å². The molecule has 0 spiro atoms. The number of unbranched alkanes of at least 4 members (excludes halogenated alkanes) is 7. The highest BCUT2D eigenvalue weighted by Gasteiger charge is 2.41. The van der Waals surface area contributed by atoms with E-state index in [9.17, 15) is 49.9 Å². The number of carboxylic acid groups (broad SMARTS) is 3. The molecule has 3 aromatic rings. The van der Waals surface area contributed by atoms with Crippen LogP contribution in [-0.4, -0.2) is 90.5 Å². The van der Waals surface area contributed by atoms with Crippen LogP contribution in [0.25, 0.3) is 0 Å². The Kier molecular flexibility index (Phi) is 28.7. The molecule has 0 saturated carbocycles. The largest absolute Gasteiger partial charge is 0.480 e. The van der Waals surface area contributed by atoms with Gasteiger partial charge in [-0.05, 0) is 138 Å². The van der Waals surface area contributed by atoms with E-state index in [1.54, 1.807) is 20.8 Å². The Bertz CT molecular complexity index is 2260. The molecule has 12 nitrogen and oxygen atoms in total. The highest BCUT2D eigenvalue weighted by Crippen LogP contribution is 2.25. The maximum Gasteiger partial charge on any atom is 0.321 e. The van der Waals surface area contributed by atoms with Gasteiger partial charge in [0.15, 0.2) is 45.3 Å². The molecule has 0 saturated heterocycles. The van der Waals surface area contributed by atoms with E-state index in [1.165, 1.54) is 23.6 Å². The Morgan fingerprint density at radius 2 is 0.761 bits per heavy atom. The van der Waals surface area contributed by atoms with Crippen LogP contribution < -0.4 is 0 Å². The molecule has 3 atom stereocenters. The van der Waals surface area contributed by atoms with Gasteiger partial charge in [0, 0.05) is 20.8 Å². The first kappa shape index (κ1) is 61.8. The van der Waals surface area contributed by atoms with Gasteiger partial charge in [-0.15, -0.1) is 0 Å². The standard InChI is InChI=1S/2C17H25ClO4S.C15H21ClO4S/c1-17(2,3)23(21,22)15(16(19)20)8-6-4-5-7-13-9-11-14(18)12-10-13;1-2-3-13-23(21,22)16(17(19)20)8-6-4-5-7-14-9-11-15(18)12-10-14;1-2-21(19,20)14(15(17)18)7-5-3-4-6-12-8-10-13(16)11-9-12/h9-12,15H,4-8H2,1-3H3,(H,19,20);9-12,16H,2-8,13H2,1H3,(H,19,20);8-11,14H,2-7H2,1H3,(H,17,18). The van der Waals surface area contributed by atoms with Crippen LogP contribution in [0.15, 0.2) is 72.8 Å². The Morgan fingerprint density at radius 3 is 1.03 bits per heavy atom. The molecule has 0 aromatic heterocycles. The van der Waals surface area contributed by atoms with Crippen LogP contribution in [0.2, 0.25) is 15.1 Å². The molecule has 0 radical (unpaired) electrons. The Labute approximate surface area is 415 Å². The van der Waals surface area contributed by atoms with Gasteiger partial charge < -0.3 is 15.3 Å². The van der Waals surface area contributed by atoms with Crippen molar-refractivity contribution < 1.29 is 55.0 Å². The van der Waals surface area contributed by atoms with E-state index in [1.807, 2.05) is 79.7 Å². The lowest BCUT2D eigenvalue weighted by atomic mass is 10.1. The van der Waals surface area contributed by atoms with Crippen molar-refractivity contribution in [2.45, 2.75) is 164 Å². The van der Waals surface area contributed by atoms with E-state index in [-0.39, 0.29) is 30.8 Å². The smallest absolute Gasteiger partial charge is 0.321 e. The average molecular weight is 1050 g/mol. The first-order valence-electron chi connectivity index (χ1n) is 22.9. The summed E-state index contributed by atoms with van der Waals surface area (Å²) in [6.07, 6.45) is 11.4. The molecular weight excluding hydrogens is 983 g/mol. The Hall–Kier alpha value is -3.21. The first-order valence-corrected chi connectivity index (χ1v) is 29.0. The van der Waals surface area contributed by atoms with E-state index in [0.717, 1.165) is 64.2 Å². The average Bonchev–Trinajstić information content (AvgIpc) is 3.25. The summed E-state index contributed by atoms with van der Waals surface area (Å²) in [4.78, 5) is 33.6. The normalized spacial score (nSPS) is 13.3. The van der Waals surface area contributed by atoms with Gasteiger partial charge in [-0.1, -0.05) is 130 Å². The summed E-state index contributed by atoms with van der Waals surface area (Å²) >= 11 is 17.5. The van der Waals surface area contributed by atoms with Crippen LogP contribution >= 0.6 is 34.8 Å². The van der Waals surface area contributed by atoms with E-state index < -0.39 is 67.9 Å². The third-order valence-corrected chi connectivity index (χ3v) is 19.1. The van der Waals surface area contributed by atoms with Crippen LogP contribution in [-0.2, 0) is 63.2 Å². The summed E-state index contributed by atoms with van der Waals surface area (Å²) in [6.45, 7) is 7.99. The topological polar surface area (TPSA) is 214 Å². The van der Waals surface area contributed by atoms with Gasteiger partial charge in [-0.3, -0.25) is 14.4 Å². The maximum absolute atomic E-state index is 12.3. The molecule has 0 amide bonds. The zero-order chi connectivity index (χ0) is 50.8. The fourth-order valence-electron chi connectivity index (χ4n) is 6.90. The molecule has 0 bridgehead atoms. The molecule has 0 aliphatic rings. The van der Waals surface area contributed by atoms with Crippen molar-refractivity contribution >= 4 is 82.2 Å². The lowest BCUT2D eigenvalue weighted by Gasteiger charge is -2.24. The van der Waals surface area contributed by atoms with Crippen LogP contribution in [0.1, 0.15) is 141 Å². The summed E-state index contributed by atoms with van der Waals surface area (Å²) in [7, 11) is -10.8. The number of halogens is 3. The van der Waals surface area contributed by atoms with Crippen molar-refractivity contribution in [2.75, 3.05) is 11.5 Å². The van der Waals surface area contributed by atoms with Gasteiger partial charge in [0.25, 0.3) is 0 Å². The number of hydrogen-bond donors (Lipinski definition) is 3. The zero-order valence-corrected chi connectivity index (χ0v) is 44.2. The lowest BCUT2D eigenvalue weighted by Crippen LogP contribution is -2.41. The summed E-state index contributed by atoms with van der Waals surface area (Å²) in [6, 6.07) is 22.8. The zero-order valence-electron chi connectivity index (χ0n) is 39.5. The number of rotatable bonds is 28. The van der Waals surface area contributed by atoms with Crippen molar-refractivity contribution in [3.8, 4) is 0 Å². The highest BCUT2D eigenvalue weighted by molar-refractivity contribution is 7.94. The third-order valence-electron chi connectivity index (χ3n) is 11.1. The monoisotopic (exact) mass is 1050 g/mol. The van der Waals surface area contributed by atoms with Gasteiger partial charge in [-0.25, -0.2) is 25.3 Å². The minimum Gasteiger partial charge on any atom is -0.480 e. The number of sulfone groups is 3. The maximum atomic E-state index is 12.3. The molecule has 3 aromatic carbocycles. The third kappa shape index (κ3) is 24.3. The molecule has 0 aliphatic carbocycles. The van der Waals surface area contributed by atoms with Crippen molar-refractivity contribution in [1.29, 1.82) is 0 Å². The lowest BCUT2D eigenvalue weighted by molar-refractivity contribution is -0.137. The predicted molar refractivity (Wildman–Crippen MR) is 272 cm³/mol. The first-order chi connectivity index (χ1) is 31.3. The number of carbonyl (C=O) groups is 3. The highest BCUT2D eigenvalue weighted by atomic mass is 35.5. The van der Waals surface area contributed by atoms with Gasteiger partial charge in [-0.2, -0.15) is 0 Å². The summed E-state index contributed by atoms with van der Waals surface area (Å²) < 4.78 is 71.0. The Morgan fingerprint density at radius 1 is 0.463 bits per heavy atom. The molecule has 0 aliphatic heterocycles. The van der Waals surface area contributed by atoms with E-state index in [2.05, 4.69) is 0 Å². The molecule has 3 unspecified atom stereocenters. The van der Waals surface area contributed by atoms with E-state index in [4.69, 9.17) is 39.9 Å². The molecule has 18 heteroatoms. The Balaban J connectivity index is 0.000000503. The fraction of sp³-hybridized carbons (Fsp3) is 0.571. The number of benzene rings is 3. The van der Waals surface area contributed by atoms with Crippen molar-refractivity contribution in [3.05, 3.63) is 105 Å². The van der Waals surface area contributed by atoms with Gasteiger partial charge in [0.1, 0.15) is 0 Å². The summed E-state index contributed by atoms with van der Waals surface area (Å²) in [5, 5.41) is 25.7. The fourth-order valence-corrected chi connectivity index (χ4v) is 11.9. The molecule has 3 rings (SSSR count). The van der Waals surface area contributed by atoms with Crippen LogP contribution in [0.5, 0.6) is 0 Å². The SMILES string of the molecule is CC(C)(C)S(=O)(=O)C(CCCCCc1ccc(Cl)cc1)C(=O)O.CCCCS(=O)(=O)C(CCCCCc1ccc(Cl)cc1)C(=O)O.CCS(=O)(=O)C(CCCCCc1ccc(Cl)cc1)C(=O)O. The minimum atomic E-state index is -3.70. The number of carboxylic acids is 3. The second-order valence-electron chi connectivity index (χ2n) is 17.5. The van der Waals surface area contributed by atoms with Crippen molar-refractivity contribution in [3.63, 3.8) is 0 Å². The molecule has 67 heavy (non-hydrogen) atoms. The van der Waals surface area contributed by atoms with E-state index >= 15 is 0 Å². The molecule has 0 heterocycles. The quantitative estimate of drug-likeness (QED) is 0.0579. The number of aliphatic carboxylic acids is 3. The number of hydrogen-bond acceptors (Lipinski definition) is 9. The predicted octanol–water partition coefficient (Wildman–Crippen LogP) is 11.6. The number of aryl methyl sites for hydroxylation is 3.